The van der Waals surface area contributed by atoms with Gasteiger partial charge in [-0.25, -0.2) is 0 Å². The fourth-order valence-electron chi connectivity index (χ4n) is 2.17. The summed E-state index contributed by atoms with van der Waals surface area (Å²) >= 11 is 24.5. The van der Waals surface area contributed by atoms with Crippen molar-refractivity contribution in [1.29, 1.82) is 0 Å². The van der Waals surface area contributed by atoms with Gasteiger partial charge in [0.2, 0.25) is 0 Å². The molecule has 3 aromatic carbocycles. The van der Waals surface area contributed by atoms with Crippen molar-refractivity contribution in [3.05, 3.63) is 91.9 Å². The van der Waals surface area contributed by atoms with E-state index in [0.29, 0.717) is 31.2 Å². The van der Waals surface area contributed by atoms with Gasteiger partial charge in [0.15, 0.2) is 0 Å². The maximum atomic E-state index is 6.13. The molecule has 0 bridgehead atoms. The molecule has 0 aliphatic heterocycles. The molecule has 130 valence electrons. The lowest BCUT2D eigenvalue weighted by Crippen LogP contribution is -1.85. The van der Waals surface area contributed by atoms with Crippen LogP contribution >= 0.6 is 46.4 Å². The normalized spacial score (nSPS) is 11.5. The van der Waals surface area contributed by atoms with Crippen LogP contribution in [0.3, 0.4) is 0 Å². The Morgan fingerprint density at radius 2 is 0.808 bits per heavy atom. The van der Waals surface area contributed by atoms with E-state index in [1.165, 1.54) is 0 Å². The van der Waals surface area contributed by atoms with Crippen LogP contribution in [0.1, 0.15) is 11.1 Å². The fourth-order valence-corrected chi connectivity index (χ4v) is 3.16. The third kappa shape index (κ3) is 4.66. The smallest absolute Gasteiger partial charge is 0.0631 e. The van der Waals surface area contributed by atoms with Crippen LogP contribution in [0, 0.1) is 0 Å². The summed E-state index contributed by atoms with van der Waals surface area (Å²) in [5.74, 6) is 0. The second-order valence-electron chi connectivity index (χ2n) is 5.30. The molecule has 0 saturated heterocycles. The molecule has 0 saturated carbocycles. The van der Waals surface area contributed by atoms with E-state index in [-0.39, 0.29) is 0 Å². The summed E-state index contributed by atoms with van der Waals surface area (Å²) in [6.07, 6.45) is 3.29. The van der Waals surface area contributed by atoms with Crippen LogP contribution in [0.15, 0.2) is 70.6 Å². The van der Waals surface area contributed by atoms with Crippen LogP contribution in [-0.4, -0.2) is 12.4 Å². The standard InChI is InChI=1S/C20H12Cl4N2/c21-17-3-1-4-18(22)15(17)11-25-13-7-9-14(10-8-13)26-12-16-19(23)5-2-6-20(16)24/h1-12H. The summed E-state index contributed by atoms with van der Waals surface area (Å²) < 4.78 is 0. The Balaban J connectivity index is 1.77. The Hall–Kier alpha value is -1.84. The average molecular weight is 422 g/mol. The Morgan fingerprint density at radius 1 is 0.500 bits per heavy atom. The maximum Gasteiger partial charge on any atom is 0.0631 e. The molecule has 0 fully saturated rings. The van der Waals surface area contributed by atoms with Crippen molar-refractivity contribution in [2.75, 3.05) is 0 Å². The number of rotatable bonds is 4. The molecule has 0 atom stereocenters. The molecule has 0 aliphatic rings. The Bertz CT molecular complexity index is 859. The van der Waals surface area contributed by atoms with E-state index in [9.17, 15) is 0 Å². The summed E-state index contributed by atoms with van der Waals surface area (Å²) in [5.41, 5.74) is 2.89. The van der Waals surface area contributed by atoms with E-state index in [4.69, 9.17) is 46.4 Å². The number of hydrogen-bond acceptors (Lipinski definition) is 2. The van der Waals surface area contributed by atoms with E-state index in [0.717, 1.165) is 11.4 Å². The van der Waals surface area contributed by atoms with Crippen molar-refractivity contribution in [3.63, 3.8) is 0 Å². The third-order valence-electron chi connectivity index (χ3n) is 3.53. The van der Waals surface area contributed by atoms with Crippen molar-refractivity contribution in [2.45, 2.75) is 0 Å². The van der Waals surface area contributed by atoms with Crippen molar-refractivity contribution in [1.82, 2.24) is 0 Å². The van der Waals surface area contributed by atoms with Crippen LogP contribution in [0.4, 0.5) is 11.4 Å². The quantitative estimate of drug-likeness (QED) is 0.384. The zero-order valence-corrected chi connectivity index (χ0v) is 16.4. The van der Waals surface area contributed by atoms with E-state index in [1.54, 1.807) is 48.8 Å². The Morgan fingerprint density at radius 3 is 1.12 bits per heavy atom. The van der Waals surface area contributed by atoms with Crippen molar-refractivity contribution >= 4 is 70.2 Å². The molecule has 26 heavy (non-hydrogen) atoms. The first-order chi connectivity index (χ1) is 12.5. The van der Waals surface area contributed by atoms with Gasteiger partial charge in [0, 0.05) is 23.6 Å². The summed E-state index contributed by atoms with van der Waals surface area (Å²) in [6, 6.07) is 18.1. The first kappa shape index (κ1) is 18.9. The molecule has 2 nitrogen and oxygen atoms in total. The second-order valence-corrected chi connectivity index (χ2v) is 6.93. The molecule has 0 unspecified atom stereocenters. The number of hydrogen-bond donors (Lipinski definition) is 0. The zero-order chi connectivity index (χ0) is 18.5. The second kappa shape index (κ2) is 8.70. The number of aliphatic imine (C=N–C) groups is 2. The fraction of sp³-hybridized carbons (Fsp3) is 0. The van der Waals surface area contributed by atoms with Crippen LogP contribution < -0.4 is 0 Å². The minimum Gasteiger partial charge on any atom is -0.256 e. The molecule has 0 heterocycles. The van der Waals surface area contributed by atoms with Gasteiger partial charge in [-0.2, -0.15) is 0 Å². The van der Waals surface area contributed by atoms with E-state index in [1.807, 2.05) is 24.3 Å². The summed E-state index contributed by atoms with van der Waals surface area (Å²) in [7, 11) is 0. The van der Waals surface area contributed by atoms with E-state index >= 15 is 0 Å². The van der Waals surface area contributed by atoms with Crippen molar-refractivity contribution in [3.8, 4) is 0 Å². The highest BCUT2D eigenvalue weighted by Crippen LogP contribution is 2.25. The van der Waals surface area contributed by atoms with Gasteiger partial charge >= 0.3 is 0 Å². The first-order valence-corrected chi connectivity index (χ1v) is 9.12. The molecule has 3 aromatic rings. The topological polar surface area (TPSA) is 24.7 Å². The summed E-state index contributed by atoms with van der Waals surface area (Å²) in [4.78, 5) is 8.80. The molecule has 0 aliphatic carbocycles. The predicted octanol–water partition coefficient (Wildman–Crippen LogP) is 7.80. The summed E-state index contributed by atoms with van der Waals surface area (Å²) in [5, 5.41) is 2.22. The van der Waals surface area contributed by atoms with Gasteiger partial charge < -0.3 is 0 Å². The van der Waals surface area contributed by atoms with Gasteiger partial charge in [-0.05, 0) is 48.5 Å². The van der Waals surface area contributed by atoms with Gasteiger partial charge in [-0.3, -0.25) is 9.98 Å². The third-order valence-corrected chi connectivity index (χ3v) is 4.85. The highest BCUT2D eigenvalue weighted by Gasteiger charge is 2.03. The largest absolute Gasteiger partial charge is 0.256 e. The number of halogens is 4. The molecule has 0 radical (unpaired) electrons. The Kier molecular flexibility index (Phi) is 6.33. The highest BCUT2D eigenvalue weighted by molar-refractivity contribution is 6.39. The molecule has 6 heteroatoms. The maximum absolute atomic E-state index is 6.13. The molecular formula is C20H12Cl4N2. The minimum absolute atomic E-state index is 0.555. The van der Waals surface area contributed by atoms with E-state index < -0.39 is 0 Å². The molecule has 0 amide bonds. The molecule has 0 spiro atoms. The lowest BCUT2D eigenvalue weighted by Gasteiger charge is -2.01. The average Bonchev–Trinajstić information content (AvgIpc) is 2.62. The zero-order valence-electron chi connectivity index (χ0n) is 13.3. The highest BCUT2D eigenvalue weighted by atomic mass is 35.5. The first-order valence-electron chi connectivity index (χ1n) is 7.61. The van der Waals surface area contributed by atoms with Gasteiger partial charge in [0.05, 0.1) is 31.5 Å². The molecule has 0 N–H and O–H groups in total. The molecular weight excluding hydrogens is 410 g/mol. The SMILES string of the molecule is Clc1cccc(Cl)c1C=Nc1ccc(N=Cc2c(Cl)cccc2Cl)cc1. The number of nitrogens with zero attached hydrogens (tertiary/aromatic N) is 2. The number of benzene rings is 3. The lowest BCUT2D eigenvalue weighted by atomic mass is 10.2. The van der Waals surface area contributed by atoms with Gasteiger partial charge in [0.1, 0.15) is 0 Å². The van der Waals surface area contributed by atoms with Gasteiger partial charge in [0.25, 0.3) is 0 Å². The lowest BCUT2D eigenvalue weighted by molar-refractivity contribution is 1.48. The van der Waals surface area contributed by atoms with Crippen LogP contribution in [0.2, 0.25) is 20.1 Å². The van der Waals surface area contributed by atoms with Gasteiger partial charge in [-0.15, -0.1) is 0 Å². The van der Waals surface area contributed by atoms with Gasteiger partial charge in [-0.1, -0.05) is 58.5 Å². The molecule has 0 aromatic heterocycles. The van der Waals surface area contributed by atoms with E-state index in [2.05, 4.69) is 9.98 Å². The Labute approximate surface area is 171 Å². The monoisotopic (exact) mass is 420 g/mol. The summed E-state index contributed by atoms with van der Waals surface area (Å²) in [6.45, 7) is 0. The van der Waals surface area contributed by atoms with Crippen molar-refractivity contribution in [2.24, 2.45) is 9.98 Å². The minimum atomic E-state index is 0.555. The molecule has 3 rings (SSSR count). The van der Waals surface area contributed by atoms with Crippen LogP contribution in [-0.2, 0) is 0 Å². The van der Waals surface area contributed by atoms with Crippen LogP contribution in [0.5, 0.6) is 0 Å². The van der Waals surface area contributed by atoms with Crippen molar-refractivity contribution < 1.29 is 0 Å². The predicted molar refractivity (Wildman–Crippen MR) is 114 cm³/mol. The van der Waals surface area contributed by atoms with Crippen LogP contribution in [0.25, 0.3) is 0 Å².